The number of sulfonamides is 1. The quantitative estimate of drug-likeness (QED) is 0.186. The van der Waals surface area contributed by atoms with Crippen LogP contribution in [0.4, 0.5) is 0 Å². The lowest BCUT2D eigenvalue weighted by atomic mass is 10.0. The normalized spacial score (nSPS) is 13.5. The van der Waals surface area contributed by atoms with Crippen molar-refractivity contribution in [2.24, 2.45) is 22.4 Å². The molecule has 0 spiro atoms. The summed E-state index contributed by atoms with van der Waals surface area (Å²) in [7, 11) is -3.96. The minimum Gasteiger partial charge on any atom is -0.480 e. The molecule has 1 amide bonds. The lowest BCUT2D eigenvalue weighted by Crippen LogP contribution is -2.53. The van der Waals surface area contributed by atoms with Gasteiger partial charge in [0, 0.05) is 6.54 Å². The molecule has 162 valence electrons. The molecule has 10 nitrogen and oxygen atoms in total. The molecule has 1 aromatic rings. The number of rotatable bonds is 11. The molecule has 29 heavy (non-hydrogen) atoms. The highest BCUT2D eigenvalue weighted by Gasteiger charge is 2.31. The van der Waals surface area contributed by atoms with Gasteiger partial charge >= 0.3 is 5.97 Å². The van der Waals surface area contributed by atoms with Crippen LogP contribution in [0.5, 0.6) is 0 Å². The van der Waals surface area contributed by atoms with E-state index in [2.05, 4.69) is 15.0 Å². The van der Waals surface area contributed by atoms with E-state index in [0.29, 0.717) is 6.42 Å². The third-order valence-corrected chi connectivity index (χ3v) is 5.58. The maximum Gasteiger partial charge on any atom is 0.326 e. The Morgan fingerprint density at radius 3 is 2.24 bits per heavy atom. The molecule has 0 radical (unpaired) electrons. The highest BCUT2D eigenvalue weighted by atomic mass is 32.2. The molecule has 0 aliphatic rings. The molecule has 0 bridgehead atoms. The second kappa shape index (κ2) is 10.8. The molecule has 0 fully saturated rings. The number of carbonyl (C=O) groups is 2. The number of aliphatic imine (C=N–C) groups is 1. The molecule has 0 saturated heterocycles. The van der Waals surface area contributed by atoms with Crippen molar-refractivity contribution in [1.82, 2.24) is 10.0 Å². The molecule has 0 heterocycles. The lowest BCUT2D eigenvalue weighted by Gasteiger charge is -2.24. The number of nitrogens with zero attached hydrogens (tertiary/aromatic N) is 1. The zero-order chi connectivity index (χ0) is 22.2. The molecule has 0 unspecified atom stereocenters. The molecular weight excluding hydrogens is 398 g/mol. The number of aliphatic carboxylic acids is 1. The van der Waals surface area contributed by atoms with Gasteiger partial charge < -0.3 is 21.9 Å². The molecule has 0 aliphatic carbocycles. The van der Waals surface area contributed by atoms with Crippen LogP contribution in [-0.4, -0.2) is 50.0 Å². The average molecular weight is 428 g/mol. The predicted octanol–water partition coefficient (Wildman–Crippen LogP) is -0.0791. The van der Waals surface area contributed by atoms with E-state index in [0.717, 1.165) is 5.56 Å². The number of carboxylic acids is 1. The van der Waals surface area contributed by atoms with Gasteiger partial charge in [0.25, 0.3) is 0 Å². The maximum absolute atomic E-state index is 12.6. The number of amides is 1. The van der Waals surface area contributed by atoms with Gasteiger partial charge in [0.15, 0.2) is 5.96 Å². The van der Waals surface area contributed by atoms with Crippen LogP contribution in [0.1, 0.15) is 32.3 Å². The van der Waals surface area contributed by atoms with Crippen LogP contribution in [0.3, 0.4) is 0 Å². The minimum atomic E-state index is -3.96. The van der Waals surface area contributed by atoms with E-state index >= 15 is 0 Å². The van der Waals surface area contributed by atoms with Crippen LogP contribution >= 0.6 is 0 Å². The Morgan fingerprint density at radius 1 is 1.17 bits per heavy atom. The number of hydrogen-bond acceptors (Lipinski definition) is 5. The average Bonchev–Trinajstić information content (AvgIpc) is 2.61. The Hall–Kier alpha value is -2.66. The van der Waals surface area contributed by atoms with Gasteiger partial charge in [0.1, 0.15) is 12.1 Å². The summed E-state index contributed by atoms with van der Waals surface area (Å²) in [6.45, 7) is 5.37. The number of hydrogen-bond donors (Lipinski definition) is 5. The van der Waals surface area contributed by atoms with E-state index in [1.54, 1.807) is 26.0 Å². The first kappa shape index (κ1) is 24.4. The molecule has 0 aromatic heterocycles. The maximum atomic E-state index is 12.6. The van der Waals surface area contributed by atoms with Crippen molar-refractivity contribution in [1.29, 1.82) is 0 Å². The van der Waals surface area contributed by atoms with Gasteiger partial charge in [-0.1, -0.05) is 31.5 Å². The summed E-state index contributed by atoms with van der Waals surface area (Å²) in [5, 5.41) is 11.7. The fourth-order valence-electron chi connectivity index (χ4n) is 2.47. The first-order chi connectivity index (χ1) is 13.4. The van der Waals surface area contributed by atoms with Crippen LogP contribution in [0.2, 0.25) is 0 Å². The molecule has 0 aliphatic heterocycles. The summed E-state index contributed by atoms with van der Waals surface area (Å²) in [6.07, 6.45) is 0.421. The van der Waals surface area contributed by atoms with Crippen LogP contribution in [0.15, 0.2) is 34.2 Å². The monoisotopic (exact) mass is 427 g/mol. The van der Waals surface area contributed by atoms with Crippen molar-refractivity contribution >= 4 is 27.9 Å². The minimum absolute atomic E-state index is 0.0218. The fourth-order valence-corrected chi connectivity index (χ4v) is 3.81. The third-order valence-electron chi connectivity index (χ3n) is 4.12. The van der Waals surface area contributed by atoms with Gasteiger partial charge in [-0.3, -0.25) is 9.79 Å². The summed E-state index contributed by atoms with van der Waals surface area (Å²) in [5.41, 5.74) is 11.3. The second-order valence-electron chi connectivity index (χ2n) is 7.00. The van der Waals surface area contributed by atoms with Crippen molar-refractivity contribution in [3.8, 4) is 0 Å². The van der Waals surface area contributed by atoms with Gasteiger partial charge in [-0.2, -0.15) is 4.72 Å². The van der Waals surface area contributed by atoms with Crippen molar-refractivity contribution in [2.45, 2.75) is 50.6 Å². The van der Waals surface area contributed by atoms with Gasteiger partial charge in [-0.05, 0) is 37.8 Å². The van der Waals surface area contributed by atoms with Crippen molar-refractivity contribution in [2.75, 3.05) is 6.54 Å². The number of benzene rings is 1. The third kappa shape index (κ3) is 8.08. The van der Waals surface area contributed by atoms with Crippen LogP contribution < -0.4 is 21.5 Å². The van der Waals surface area contributed by atoms with Crippen LogP contribution in [0.25, 0.3) is 0 Å². The Kier molecular flexibility index (Phi) is 9.05. The highest BCUT2D eigenvalue weighted by molar-refractivity contribution is 7.89. The Bertz CT molecular complexity index is 833. The second-order valence-corrected chi connectivity index (χ2v) is 8.72. The van der Waals surface area contributed by atoms with Gasteiger partial charge in [0.05, 0.1) is 4.90 Å². The summed E-state index contributed by atoms with van der Waals surface area (Å²) < 4.78 is 27.6. The van der Waals surface area contributed by atoms with Gasteiger partial charge in [0.2, 0.25) is 15.9 Å². The molecule has 1 aromatic carbocycles. The number of carbonyl (C=O) groups excluding carboxylic acids is 1. The SMILES string of the molecule is Cc1ccc(S(=O)(=O)N[C@H](C(=O)N[C@H](CCCN=C(N)N)C(=O)O)C(C)C)cc1. The van der Waals surface area contributed by atoms with Gasteiger partial charge in [-0.25, -0.2) is 13.2 Å². The molecule has 7 N–H and O–H groups in total. The molecule has 0 saturated carbocycles. The van der Waals surface area contributed by atoms with Crippen molar-refractivity contribution in [3.63, 3.8) is 0 Å². The Balaban J connectivity index is 2.88. The van der Waals surface area contributed by atoms with E-state index in [9.17, 15) is 23.1 Å². The summed E-state index contributed by atoms with van der Waals surface area (Å²) in [4.78, 5) is 27.9. The summed E-state index contributed by atoms with van der Waals surface area (Å²) in [5.74, 6) is -2.46. The zero-order valence-corrected chi connectivity index (χ0v) is 17.6. The molecule has 2 atom stereocenters. The summed E-state index contributed by atoms with van der Waals surface area (Å²) in [6, 6.07) is 3.85. The fraction of sp³-hybridized carbons (Fsp3) is 0.500. The van der Waals surface area contributed by atoms with E-state index in [1.165, 1.54) is 12.1 Å². The number of nitrogens with one attached hydrogen (secondary N) is 2. The van der Waals surface area contributed by atoms with E-state index in [1.807, 2.05) is 6.92 Å². The van der Waals surface area contributed by atoms with Gasteiger partial charge in [-0.15, -0.1) is 0 Å². The number of nitrogens with two attached hydrogens (primary N) is 2. The lowest BCUT2D eigenvalue weighted by molar-refractivity contribution is -0.142. The standard InChI is InChI=1S/C18H29N5O5S/c1-11(2)15(23-29(27,28)13-8-6-12(3)7-9-13)16(24)22-14(17(25)26)5-4-10-21-18(19)20/h6-9,11,14-15,23H,4-5,10H2,1-3H3,(H,22,24)(H,25,26)(H4,19,20,21)/t14-,15+/m1/s1. The smallest absolute Gasteiger partial charge is 0.326 e. The Morgan fingerprint density at radius 2 is 1.76 bits per heavy atom. The van der Waals surface area contributed by atoms with Crippen molar-refractivity contribution < 1.29 is 23.1 Å². The van der Waals surface area contributed by atoms with Crippen molar-refractivity contribution in [3.05, 3.63) is 29.8 Å². The first-order valence-corrected chi connectivity index (χ1v) is 10.6. The largest absolute Gasteiger partial charge is 0.480 e. The highest BCUT2D eigenvalue weighted by Crippen LogP contribution is 2.13. The first-order valence-electron chi connectivity index (χ1n) is 9.11. The zero-order valence-electron chi connectivity index (χ0n) is 16.8. The molecular formula is C18H29N5O5S. The van der Waals surface area contributed by atoms with E-state index in [-0.39, 0.29) is 23.8 Å². The number of carboxylic acid groups (broad SMARTS) is 1. The Labute approximate surface area is 170 Å². The predicted molar refractivity (Wildman–Crippen MR) is 110 cm³/mol. The van der Waals surface area contributed by atoms with Crippen LogP contribution in [0, 0.1) is 12.8 Å². The van der Waals surface area contributed by atoms with E-state index < -0.39 is 39.9 Å². The molecule has 11 heteroatoms. The number of aryl methyl sites for hydroxylation is 1. The topological polar surface area (TPSA) is 177 Å². The van der Waals surface area contributed by atoms with E-state index in [4.69, 9.17) is 11.5 Å². The summed E-state index contributed by atoms with van der Waals surface area (Å²) >= 11 is 0. The number of guanidine groups is 1. The van der Waals surface area contributed by atoms with Crippen LogP contribution in [-0.2, 0) is 19.6 Å². The molecule has 1 rings (SSSR count).